The van der Waals surface area contributed by atoms with Crippen molar-refractivity contribution in [2.45, 2.75) is 83.2 Å². The van der Waals surface area contributed by atoms with E-state index in [-0.39, 0.29) is 36.7 Å². The number of hydrogen-bond acceptors (Lipinski definition) is 7. The zero-order valence-electron chi connectivity index (χ0n) is 26.7. The van der Waals surface area contributed by atoms with Crippen molar-refractivity contribution >= 4 is 11.8 Å². The molecule has 2 aliphatic heterocycles. The quantitative estimate of drug-likeness (QED) is 0.190. The molecule has 246 valence electrons. The molecular formula is C37H47N3O6. The van der Waals surface area contributed by atoms with Crippen molar-refractivity contribution in [3.05, 3.63) is 95.1 Å². The molecule has 5 rings (SSSR count). The van der Waals surface area contributed by atoms with E-state index in [1.165, 1.54) is 6.92 Å². The summed E-state index contributed by atoms with van der Waals surface area (Å²) in [6, 6.07) is 24.3. The van der Waals surface area contributed by atoms with Crippen LogP contribution in [0.4, 0.5) is 0 Å². The molecule has 9 heteroatoms. The van der Waals surface area contributed by atoms with Crippen molar-refractivity contribution in [2.24, 2.45) is 0 Å². The molecule has 2 heterocycles. The molecule has 0 radical (unpaired) electrons. The maximum absolute atomic E-state index is 12.3. The van der Waals surface area contributed by atoms with E-state index in [2.05, 4.69) is 39.8 Å². The molecule has 4 N–H and O–H groups in total. The van der Waals surface area contributed by atoms with Crippen molar-refractivity contribution in [1.82, 2.24) is 15.5 Å². The minimum atomic E-state index is -0.533. The number of carbonyl (C=O) groups excluding carboxylic acids is 2. The number of aliphatic hydroxyl groups excluding tert-OH is 2. The van der Waals surface area contributed by atoms with E-state index >= 15 is 0 Å². The predicted molar refractivity (Wildman–Crippen MR) is 176 cm³/mol. The van der Waals surface area contributed by atoms with Gasteiger partial charge in [-0.05, 0) is 53.1 Å². The van der Waals surface area contributed by atoms with Gasteiger partial charge in [-0.25, -0.2) is 0 Å². The van der Waals surface area contributed by atoms with Crippen molar-refractivity contribution in [1.29, 1.82) is 0 Å². The van der Waals surface area contributed by atoms with Gasteiger partial charge in [-0.3, -0.25) is 14.5 Å². The third-order valence-electron chi connectivity index (χ3n) is 8.71. The lowest BCUT2D eigenvalue weighted by Gasteiger charge is -2.37. The molecule has 3 aromatic carbocycles. The molecule has 3 aromatic rings. The summed E-state index contributed by atoms with van der Waals surface area (Å²) in [5, 5.41) is 25.3. The fourth-order valence-corrected chi connectivity index (χ4v) is 6.13. The zero-order chi connectivity index (χ0) is 32.3. The first kappa shape index (κ1) is 33.8. The van der Waals surface area contributed by atoms with Crippen molar-refractivity contribution in [3.8, 4) is 11.1 Å². The highest BCUT2D eigenvalue weighted by Gasteiger charge is 2.34. The van der Waals surface area contributed by atoms with E-state index in [9.17, 15) is 19.8 Å². The van der Waals surface area contributed by atoms with Crippen LogP contribution in [0.2, 0.25) is 0 Å². The molecule has 0 bridgehead atoms. The highest BCUT2D eigenvalue weighted by molar-refractivity contribution is 5.76. The maximum atomic E-state index is 12.3. The second kappa shape index (κ2) is 16.8. The average molecular weight is 630 g/mol. The molecule has 0 unspecified atom stereocenters. The van der Waals surface area contributed by atoms with Crippen LogP contribution in [0.1, 0.15) is 80.1 Å². The highest BCUT2D eigenvalue weighted by atomic mass is 16.7. The van der Waals surface area contributed by atoms with Gasteiger partial charge in [0.25, 0.3) is 0 Å². The fourth-order valence-electron chi connectivity index (χ4n) is 6.13. The molecule has 4 atom stereocenters. The van der Waals surface area contributed by atoms with Crippen LogP contribution in [0.25, 0.3) is 11.1 Å². The molecule has 0 spiro atoms. The molecule has 2 aliphatic rings. The monoisotopic (exact) mass is 629 g/mol. The number of aliphatic hydroxyl groups is 2. The molecule has 0 aliphatic carbocycles. The number of carbonyl (C=O) groups is 2. The van der Waals surface area contributed by atoms with Gasteiger partial charge >= 0.3 is 0 Å². The van der Waals surface area contributed by atoms with Gasteiger partial charge in [-0.15, -0.1) is 0 Å². The standard InChI is InChI=1S/C37H47N3O6/c1-26(42)38-18-4-2-3-8-36(44)39-22-28-6-5-7-32(20-28)29-13-15-31(16-14-29)37-45-34(24-40-19-17-33(43)23-40)21-35(46-37)30-11-9-27(25-41)10-12-30/h5-7,9-16,20,33-35,37,41,43H,2-4,8,17-19,21-25H2,1H3,(H,38,42)(H,39,44)/t33-,34-,35+,37+/m0/s1. The molecule has 46 heavy (non-hydrogen) atoms. The fraction of sp³-hybridized carbons (Fsp3) is 0.459. The molecule has 9 nitrogen and oxygen atoms in total. The van der Waals surface area contributed by atoms with Crippen molar-refractivity contribution in [2.75, 3.05) is 26.2 Å². The second-order valence-electron chi connectivity index (χ2n) is 12.4. The summed E-state index contributed by atoms with van der Waals surface area (Å²) in [6.07, 6.45) is 3.52. The van der Waals surface area contributed by atoms with Crippen LogP contribution in [-0.4, -0.2) is 65.3 Å². The maximum Gasteiger partial charge on any atom is 0.220 e. The normalized spacial score (nSPS) is 21.6. The summed E-state index contributed by atoms with van der Waals surface area (Å²) in [4.78, 5) is 25.6. The Balaban J connectivity index is 1.19. The lowest BCUT2D eigenvalue weighted by atomic mass is 9.99. The predicted octanol–water partition coefficient (Wildman–Crippen LogP) is 4.77. The molecule has 0 aromatic heterocycles. The Hall–Kier alpha value is -3.60. The van der Waals surface area contributed by atoms with Crippen LogP contribution in [-0.2, 0) is 32.2 Å². The summed E-state index contributed by atoms with van der Waals surface area (Å²) < 4.78 is 13.0. The van der Waals surface area contributed by atoms with Crippen LogP contribution < -0.4 is 10.6 Å². The second-order valence-corrected chi connectivity index (χ2v) is 12.4. The molecule has 2 amide bonds. The number of unbranched alkanes of at least 4 members (excludes halogenated alkanes) is 2. The van der Waals surface area contributed by atoms with Gasteiger partial charge < -0.3 is 30.3 Å². The number of β-amino-alcohol motifs (C(OH)–C–C–N with tert-alkyl or cyclic N) is 1. The summed E-state index contributed by atoms with van der Waals surface area (Å²) in [5.74, 6) is 0.00649. The van der Waals surface area contributed by atoms with Crippen LogP contribution in [0.15, 0.2) is 72.8 Å². The summed E-state index contributed by atoms with van der Waals surface area (Å²) >= 11 is 0. The van der Waals surface area contributed by atoms with E-state index in [4.69, 9.17) is 9.47 Å². The Labute approximate surface area is 271 Å². The van der Waals surface area contributed by atoms with Gasteiger partial charge in [0.1, 0.15) is 0 Å². The molecule has 0 saturated carbocycles. The van der Waals surface area contributed by atoms with Crippen LogP contribution in [0.3, 0.4) is 0 Å². The number of benzene rings is 3. The number of hydrogen-bond donors (Lipinski definition) is 4. The average Bonchev–Trinajstić information content (AvgIpc) is 3.49. The van der Waals surface area contributed by atoms with Crippen molar-refractivity contribution in [3.63, 3.8) is 0 Å². The third kappa shape index (κ3) is 9.95. The van der Waals surface area contributed by atoms with Gasteiger partial charge in [0.2, 0.25) is 11.8 Å². The SMILES string of the molecule is CC(=O)NCCCCCC(=O)NCc1cccc(-c2ccc([C@@H]3O[C@H](CN4CC[C@H](O)C4)C[C@H](c4ccc(CO)cc4)O3)cc2)c1. The number of ether oxygens (including phenoxy) is 2. The van der Waals surface area contributed by atoms with Gasteiger partial charge in [-0.1, -0.05) is 73.2 Å². The van der Waals surface area contributed by atoms with Crippen LogP contribution in [0, 0.1) is 0 Å². The Bertz CT molecular complexity index is 1410. The number of likely N-dealkylation sites (tertiary alicyclic amines) is 1. The van der Waals surface area contributed by atoms with E-state index < -0.39 is 6.29 Å². The molecular weight excluding hydrogens is 582 g/mol. The summed E-state index contributed by atoms with van der Waals surface area (Å²) in [7, 11) is 0. The first-order valence-electron chi connectivity index (χ1n) is 16.5. The Morgan fingerprint density at radius 2 is 1.67 bits per heavy atom. The first-order valence-corrected chi connectivity index (χ1v) is 16.5. The number of rotatable bonds is 14. The summed E-state index contributed by atoms with van der Waals surface area (Å²) in [6.45, 7) is 4.90. The third-order valence-corrected chi connectivity index (χ3v) is 8.71. The largest absolute Gasteiger partial charge is 0.392 e. The minimum absolute atomic E-state index is 0.00434. The lowest BCUT2D eigenvalue weighted by molar-refractivity contribution is -0.252. The Morgan fingerprint density at radius 3 is 2.39 bits per heavy atom. The van der Waals surface area contributed by atoms with E-state index in [1.54, 1.807) is 0 Å². The number of nitrogens with one attached hydrogen (secondary N) is 2. The van der Waals surface area contributed by atoms with Gasteiger partial charge in [0.15, 0.2) is 6.29 Å². The van der Waals surface area contributed by atoms with E-state index in [1.807, 2.05) is 48.5 Å². The highest BCUT2D eigenvalue weighted by Crippen LogP contribution is 2.39. The Morgan fingerprint density at radius 1 is 0.891 bits per heavy atom. The van der Waals surface area contributed by atoms with Crippen LogP contribution >= 0.6 is 0 Å². The van der Waals surface area contributed by atoms with Gasteiger partial charge in [0, 0.05) is 58.1 Å². The Kier molecular flexibility index (Phi) is 12.3. The lowest BCUT2D eigenvalue weighted by Crippen LogP contribution is -2.38. The smallest absolute Gasteiger partial charge is 0.220 e. The van der Waals surface area contributed by atoms with E-state index in [0.29, 0.717) is 32.5 Å². The number of amides is 2. The van der Waals surface area contributed by atoms with Gasteiger partial charge in [0.05, 0.1) is 24.9 Å². The first-order chi connectivity index (χ1) is 22.4. The summed E-state index contributed by atoms with van der Waals surface area (Å²) in [5.41, 5.74) is 6.01. The number of nitrogens with zero attached hydrogens (tertiary/aromatic N) is 1. The van der Waals surface area contributed by atoms with E-state index in [0.717, 1.165) is 72.2 Å². The topological polar surface area (TPSA) is 120 Å². The molecule has 2 saturated heterocycles. The minimum Gasteiger partial charge on any atom is -0.392 e. The zero-order valence-corrected chi connectivity index (χ0v) is 26.7. The molecule has 2 fully saturated rings. The van der Waals surface area contributed by atoms with Gasteiger partial charge in [-0.2, -0.15) is 0 Å². The van der Waals surface area contributed by atoms with Crippen LogP contribution in [0.5, 0.6) is 0 Å². The van der Waals surface area contributed by atoms with Crippen molar-refractivity contribution < 1.29 is 29.3 Å².